The number of amides is 1. The number of nitrogens with zero attached hydrogens (tertiary/aromatic N) is 3. The number of halogens is 2. The van der Waals surface area contributed by atoms with Crippen LogP contribution in [0.3, 0.4) is 0 Å². The number of benzene rings is 1. The number of hydrogen-bond acceptors (Lipinski definition) is 6. The van der Waals surface area contributed by atoms with E-state index in [0.717, 1.165) is 0 Å². The number of anilines is 1. The van der Waals surface area contributed by atoms with Gasteiger partial charge in [-0.25, -0.2) is 4.68 Å². The molecule has 0 aliphatic rings. The summed E-state index contributed by atoms with van der Waals surface area (Å²) in [5.41, 5.74) is 0.362. The fraction of sp³-hybridized carbons (Fsp3) is 0.438. The highest BCUT2D eigenvalue weighted by molar-refractivity contribution is 6.02. The van der Waals surface area contributed by atoms with Crippen molar-refractivity contribution in [3.8, 4) is 5.75 Å². The summed E-state index contributed by atoms with van der Waals surface area (Å²) in [6.07, 6.45) is 0.950. The highest BCUT2D eigenvalue weighted by Crippen LogP contribution is 2.19. The van der Waals surface area contributed by atoms with Crippen LogP contribution < -0.4 is 10.1 Å². The third kappa shape index (κ3) is 6.05. The largest absolute Gasteiger partial charge is 0.435 e. The first-order chi connectivity index (χ1) is 12.5. The Morgan fingerprint density at radius 3 is 2.65 bits per heavy atom. The molecular weight excluding hydrogens is 350 g/mol. The highest BCUT2D eigenvalue weighted by Gasteiger charge is 2.15. The second-order valence-corrected chi connectivity index (χ2v) is 5.03. The van der Waals surface area contributed by atoms with E-state index in [1.165, 1.54) is 29.1 Å². The van der Waals surface area contributed by atoms with Crippen molar-refractivity contribution in [3.05, 3.63) is 36.2 Å². The molecule has 1 aromatic heterocycles. The van der Waals surface area contributed by atoms with Crippen LogP contribution in [0.1, 0.15) is 24.3 Å². The number of alkyl halides is 2. The van der Waals surface area contributed by atoms with Gasteiger partial charge >= 0.3 is 6.61 Å². The van der Waals surface area contributed by atoms with Gasteiger partial charge in [0.05, 0.1) is 12.7 Å². The molecule has 0 bridgehead atoms. The summed E-state index contributed by atoms with van der Waals surface area (Å²) in [7, 11) is 0. The maximum Gasteiger partial charge on any atom is 0.387 e. The topological polar surface area (TPSA) is 87.5 Å². The molecule has 0 unspecified atom stereocenters. The van der Waals surface area contributed by atoms with E-state index < -0.39 is 18.8 Å². The average Bonchev–Trinajstić information content (AvgIpc) is 3.04. The first kappa shape index (κ1) is 19.7. The van der Waals surface area contributed by atoms with E-state index in [1.807, 2.05) is 13.8 Å². The van der Waals surface area contributed by atoms with E-state index in [9.17, 15) is 13.6 Å². The number of rotatable bonds is 10. The van der Waals surface area contributed by atoms with E-state index in [0.29, 0.717) is 18.9 Å². The molecule has 2 aromatic rings. The van der Waals surface area contributed by atoms with Crippen molar-refractivity contribution in [1.82, 2.24) is 15.0 Å². The van der Waals surface area contributed by atoms with Crippen molar-refractivity contribution in [1.29, 1.82) is 0 Å². The molecule has 10 heteroatoms. The lowest BCUT2D eigenvalue weighted by Crippen LogP contribution is -2.24. The molecule has 8 nitrogen and oxygen atoms in total. The van der Waals surface area contributed by atoms with Gasteiger partial charge in [0.25, 0.3) is 5.91 Å². The van der Waals surface area contributed by atoms with Gasteiger partial charge in [-0.3, -0.25) is 4.79 Å². The number of aromatic nitrogens is 3. The van der Waals surface area contributed by atoms with Crippen LogP contribution in [0.2, 0.25) is 0 Å². The Labute approximate surface area is 149 Å². The average molecular weight is 370 g/mol. The molecule has 0 spiro atoms. The molecule has 26 heavy (non-hydrogen) atoms. The van der Waals surface area contributed by atoms with Crippen LogP contribution in [0.15, 0.2) is 30.5 Å². The van der Waals surface area contributed by atoms with E-state index in [4.69, 9.17) is 9.47 Å². The summed E-state index contributed by atoms with van der Waals surface area (Å²) >= 11 is 0. The summed E-state index contributed by atoms with van der Waals surface area (Å²) in [5, 5.41) is 10.2. The van der Waals surface area contributed by atoms with Gasteiger partial charge in [-0.2, -0.15) is 8.78 Å². The molecule has 1 heterocycles. The zero-order valence-electron chi connectivity index (χ0n) is 14.4. The lowest BCUT2D eigenvalue weighted by atomic mass is 10.3. The standard InChI is InChI=1S/C16H20F2N4O4/c1-3-24-14(25-4-2)10-22-9-13(20-21-22)15(23)19-11-6-5-7-12(8-11)26-16(17)18/h5-9,14,16H,3-4,10H2,1-2H3,(H,19,23). The maximum absolute atomic E-state index is 12.2. The summed E-state index contributed by atoms with van der Waals surface area (Å²) in [6, 6.07) is 5.67. The molecule has 0 saturated heterocycles. The van der Waals surface area contributed by atoms with Gasteiger partial charge in [-0.05, 0) is 26.0 Å². The van der Waals surface area contributed by atoms with Crippen LogP contribution in [-0.4, -0.2) is 47.0 Å². The van der Waals surface area contributed by atoms with Gasteiger partial charge in [0.2, 0.25) is 0 Å². The van der Waals surface area contributed by atoms with Gasteiger partial charge in [0.15, 0.2) is 12.0 Å². The monoisotopic (exact) mass is 370 g/mol. The third-order valence-electron chi connectivity index (χ3n) is 3.13. The molecule has 1 aromatic carbocycles. The molecule has 0 atom stereocenters. The zero-order valence-corrected chi connectivity index (χ0v) is 14.4. The lowest BCUT2D eigenvalue weighted by Gasteiger charge is -2.16. The Balaban J connectivity index is 1.99. The fourth-order valence-electron chi connectivity index (χ4n) is 2.11. The number of hydrogen-bond donors (Lipinski definition) is 1. The highest BCUT2D eigenvalue weighted by atomic mass is 19.3. The van der Waals surface area contributed by atoms with Gasteiger partial charge in [-0.15, -0.1) is 5.10 Å². The fourth-order valence-corrected chi connectivity index (χ4v) is 2.11. The van der Waals surface area contributed by atoms with Crippen molar-refractivity contribution in [3.63, 3.8) is 0 Å². The molecule has 0 aliphatic carbocycles. The van der Waals surface area contributed by atoms with E-state index in [1.54, 1.807) is 6.07 Å². The number of ether oxygens (including phenoxy) is 3. The summed E-state index contributed by atoms with van der Waals surface area (Å²) in [6.45, 7) is 1.98. The minimum absolute atomic E-state index is 0.0577. The van der Waals surface area contributed by atoms with E-state index in [-0.39, 0.29) is 18.0 Å². The normalized spacial score (nSPS) is 11.2. The Morgan fingerprint density at radius 2 is 2.00 bits per heavy atom. The Bertz CT molecular complexity index is 705. The molecule has 2 rings (SSSR count). The van der Waals surface area contributed by atoms with Crippen LogP contribution >= 0.6 is 0 Å². The van der Waals surface area contributed by atoms with Gasteiger partial charge in [-0.1, -0.05) is 11.3 Å². The van der Waals surface area contributed by atoms with Crippen molar-refractivity contribution >= 4 is 11.6 Å². The predicted octanol–water partition coefficient (Wildman–Crippen LogP) is 2.53. The first-order valence-electron chi connectivity index (χ1n) is 8.01. The first-order valence-corrected chi connectivity index (χ1v) is 8.01. The minimum atomic E-state index is -2.94. The number of nitrogens with one attached hydrogen (secondary N) is 1. The van der Waals surface area contributed by atoms with Gasteiger partial charge in [0.1, 0.15) is 5.75 Å². The Morgan fingerprint density at radius 1 is 1.27 bits per heavy atom. The maximum atomic E-state index is 12.2. The van der Waals surface area contributed by atoms with Crippen molar-refractivity contribution in [2.24, 2.45) is 0 Å². The second kappa shape index (κ2) is 9.78. The number of carbonyl (C=O) groups excluding carboxylic acids is 1. The zero-order chi connectivity index (χ0) is 18.9. The quantitative estimate of drug-likeness (QED) is 0.647. The van der Waals surface area contributed by atoms with E-state index in [2.05, 4.69) is 20.4 Å². The SMILES string of the molecule is CCOC(Cn1cc(C(=O)Nc2cccc(OC(F)F)c2)nn1)OCC. The lowest BCUT2D eigenvalue weighted by molar-refractivity contribution is -0.145. The summed E-state index contributed by atoms with van der Waals surface area (Å²) in [4.78, 5) is 12.2. The van der Waals surface area contributed by atoms with Crippen LogP contribution in [-0.2, 0) is 16.0 Å². The van der Waals surface area contributed by atoms with Crippen molar-refractivity contribution < 1.29 is 27.8 Å². The molecule has 1 N–H and O–H groups in total. The van der Waals surface area contributed by atoms with Gasteiger partial charge in [0, 0.05) is 25.0 Å². The minimum Gasteiger partial charge on any atom is -0.435 e. The molecule has 0 fully saturated rings. The molecule has 0 saturated carbocycles. The Kier molecular flexibility index (Phi) is 7.42. The molecular formula is C16H20F2N4O4. The van der Waals surface area contributed by atoms with Crippen LogP contribution in [0.25, 0.3) is 0 Å². The van der Waals surface area contributed by atoms with Crippen LogP contribution in [0.5, 0.6) is 5.75 Å². The number of carbonyl (C=O) groups is 1. The van der Waals surface area contributed by atoms with Crippen molar-refractivity contribution in [2.45, 2.75) is 33.3 Å². The molecule has 1 amide bonds. The van der Waals surface area contributed by atoms with E-state index >= 15 is 0 Å². The third-order valence-corrected chi connectivity index (χ3v) is 3.13. The smallest absolute Gasteiger partial charge is 0.387 e. The van der Waals surface area contributed by atoms with Crippen molar-refractivity contribution in [2.75, 3.05) is 18.5 Å². The predicted molar refractivity (Wildman–Crippen MR) is 88.1 cm³/mol. The van der Waals surface area contributed by atoms with Gasteiger partial charge < -0.3 is 19.5 Å². The second-order valence-electron chi connectivity index (χ2n) is 5.03. The summed E-state index contributed by atoms with van der Waals surface area (Å²) in [5.74, 6) is -0.590. The molecule has 0 radical (unpaired) electrons. The molecule has 0 aliphatic heterocycles. The van der Waals surface area contributed by atoms with Crippen LogP contribution in [0, 0.1) is 0 Å². The van der Waals surface area contributed by atoms with Crippen LogP contribution in [0.4, 0.5) is 14.5 Å². The summed E-state index contributed by atoms with van der Waals surface area (Å²) < 4.78 is 41.0. The Hall–Kier alpha value is -2.59. The molecule has 142 valence electrons.